The van der Waals surface area contributed by atoms with Gasteiger partial charge in [0, 0.05) is 17.3 Å². The van der Waals surface area contributed by atoms with Gasteiger partial charge in [-0.3, -0.25) is 4.98 Å². The molecule has 0 bridgehead atoms. The fourth-order valence-corrected chi connectivity index (χ4v) is 4.41. The highest BCUT2D eigenvalue weighted by Crippen LogP contribution is 2.37. The standard InChI is InChI=1S/C26H21Cl2N3/c1-26(2,3)15-8-11-22-23(12-15)31-25(30-22)20-10-9-19(17-6-4-5-7-18(17)20)24-21(28)13-16(27)14-29-24/h4-14H,1-3H3,(H,30,31). The zero-order chi connectivity index (χ0) is 21.8. The Morgan fingerprint density at radius 2 is 1.55 bits per heavy atom. The molecule has 0 fully saturated rings. The van der Waals surface area contributed by atoms with Crippen LogP contribution < -0.4 is 0 Å². The van der Waals surface area contributed by atoms with Crippen molar-refractivity contribution in [1.82, 2.24) is 15.0 Å². The second-order valence-corrected chi connectivity index (χ2v) is 9.60. The van der Waals surface area contributed by atoms with Crippen LogP contribution in [0.3, 0.4) is 0 Å². The number of rotatable bonds is 2. The molecule has 2 aromatic heterocycles. The molecule has 1 N–H and O–H groups in total. The van der Waals surface area contributed by atoms with E-state index in [2.05, 4.69) is 67.1 Å². The molecule has 2 heterocycles. The third-order valence-electron chi connectivity index (χ3n) is 5.59. The first-order chi connectivity index (χ1) is 14.8. The summed E-state index contributed by atoms with van der Waals surface area (Å²) in [6.45, 7) is 6.65. The maximum atomic E-state index is 6.46. The zero-order valence-corrected chi connectivity index (χ0v) is 19.0. The van der Waals surface area contributed by atoms with Gasteiger partial charge in [-0.15, -0.1) is 0 Å². The summed E-state index contributed by atoms with van der Waals surface area (Å²) in [4.78, 5) is 12.9. The first-order valence-electron chi connectivity index (χ1n) is 10.1. The number of nitrogens with zero attached hydrogens (tertiary/aromatic N) is 2. The number of hydrogen-bond acceptors (Lipinski definition) is 2. The average molecular weight is 446 g/mol. The first-order valence-corrected chi connectivity index (χ1v) is 10.9. The lowest BCUT2D eigenvalue weighted by Gasteiger charge is -2.18. The van der Waals surface area contributed by atoms with Gasteiger partial charge in [-0.25, -0.2) is 4.98 Å². The summed E-state index contributed by atoms with van der Waals surface area (Å²) in [6, 6.07) is 20.5. The Morgan fingerprint density at radius 1 is 0.839 bits per heavy atom. The van der Waals surface area contributed by atoms with Crippen molar-refractivity contribution in [3.8, 4) is 22.6 Å². The van der Waals surface area contributed by atoms with E-state index in [9.17, 15) is 0 Å². The van der Waals surface area contributed by atoms with Gasteiger partial charge >= 0.3 is 0 Å². The number of benzene rings is 3. The maximum absolute atomic E-state index is 6.46. The first kappa shape index (κ1) is 20.0. The average Bonchev–Trinajstić information content (AvgIpc) is 3.16. The van der Waals surface area contributed by atoms with Crippen molar-refractivity contribution in [3.05, 3.63) is 82.5 Å². The lowest BCUT2D eigenvalue weighted by Crippen LogP contribution is -2.10. The van der Waals surface area contributed by atoms with Gasteiger partial charge in [0.05, 0.1) is 26.8 Å². The predicted molar refractivity (Wildman–Crippen MR) is 131 cm³/mol. The minimum absolute atomic E-state index is 0.0820. The number of pyridine rings is 1. The lowest BCUT2D eigenvalue weighted by atomic mass is 9.87. The number of aromatic amines is 1. The Hall–Kier alpha value is -2.88. The molecule has 5 rings (SSSR count). The van der Waals surface area contributed by atoms with Crippen LogP contribution >= 0.6 is 23.2 Å². The number of fused-ring (bicyclic) bond motifs is 2. The molecule has 0 radical (unpaired) electrons. The van der Waals surface area contributed by atoms with E-state index in [4.69, 9.17) is 28.2 Å². The Bertz CT molecular complexity index is 1440. The van der Waals surface area contributed by atoms with E-state index in [0.717, 1.165) is 38.8 Å². The largest absolute Gasteiger partial charge is 0.338 e. The van der Waals surface area contributed by atoms with Crippen LogP contribution in [0.2, 0.25) is 10.0 Å². The number of imidazole rings is 1. The molecule has 0 aliphatic heterocycles. The second-order valence-electron chi connectivity index (χ2n) is 8.76. The summed E-state index contributed by atoms with van der Waals surface area (Å²) in [7, 11) is 0. The molecule has 3 nitrogen and oxygen atoms in total. The van der Waals surface area contributed by atoms with Crippen LogP contribution in [-0.4, -0.2) is 15.0 Å². The van der Waals surface area contributed by atoms with E-state index in [0.29, 0.717) is 15.7 Å². The Morgan fingerprint density at radius 3 is 2.26 bits per heavy atom. The smallest absolute Gasteiger partial charge is 0.139 e. The fraction of sp³-hybridized carbons (Fsp3) is 0.154. The molecule has 0 saturated carbocycles. The molecule has 154 valence electrons. The molecule has 0 aliphatic carbocycles. The van der Waals surface area contributed by atoms with Crippen molar-refractivity contribution in [2.75, 3.05) is 0 Å². The molecule has 0 saturated heterocycles. The third-order valence-corrected chi connectivity index (χ3v) is 6.08. The van der Waals surface area contributed by atoms with Gasteiger partial charge < -0.3 is 4.98 Å². The molecule has 0 aliphatic rings. The van der Waals surface area contributed by atoms with Crippen LogP contribution in [0.1, 0.15) is 26.3 Å². The van der Waals surface area contributed by atoms with Crippen LogP contribution in [0.25, 0.3) is 44.5 Å². The Kier molecular flexibility index (Phi) is 4.76. The zero-order valence-electron chi connectivity index (χ0n) is 17.5. The SMILES string of the molecule is CC(C)(C)c1ccc2nc(-c3ccc(-c4ncc(Cl)cc4Cl)c4ccccc34)[nH]c2c1. The second kappa shape index (κ2) is 7.37. The summed E-state index contributed by atoms with van der Waals surface area (Å²) in [6.07, 6.45) is 1.62. The van der Waals surface area contributed by atoms with E-state index in [1.165, 1.54) is 5.56 Å². The van der Waals surface area contributed by atoms with Crippen molar-refractivity contribution in [3.63, 3.8) is 0 Å². The predicted octanol–water partition coefficient (Wildman–Crippen LogP) is 8.05. The van der Waals surface area contributed by atoms with Gasteiger partial charge in [0.15, 0.2) is 0 Å². The number of nitrogens with one attached hydrogen (secondary N) is 1. The van der Waals surface area contributed by atoms with Crippen molar-refractivity contribution in [1.29, 1.82) is 0 Å². The number of hydrogen-bond donors (Lipinski definition) is 1. The Balaban J connectivity index is 1.70. The minimum atomic E-state index is 0.0820. The summed E-state index contributed by atoms with van der Waals surface area (Å²) in [5.74, 6) is 0.846. The molecule has 5 heteroatoms. The van der Waals surface area contributed by atoms with E-state index in [1.54, 1.807) is 12.3 Å². The Labute approximate surface area is 191 Å². The fourth-order valence-electron chi connectivity index (χ4n) is 3.93. The van der Waals surface area contributed by atoms with Crippen LogP contribution in [0.15, 0.2) is 66.9 Å². The van der Waals surface area contributed by atoms with E-state index >= 15 is 0 Å². The van der Waals surface area contributed by atoms with Crippen molar-refractivity contribution < 1.29 is 0 Å². The number of halogens is 2. The summed E-state index contributed by atoms with van der Waals surface area (Å²) in [5, 5.41) is 3.20. The van der Waals surface area contributed by atoms with Gasteiger partial charge in [0.25, 0.3) is 0 Å². The van der Waals surface area contributed by atoms with Crippen molar-refractivity contribution in [2.45, 2.75) is 26.2 Å². The number of H-pyrrole nitrogens is 1. The van der Waals surface area contributed by atoms with E-state index in [-0.39, 0.29) is 5.41 Å². The van der Waals surface area contributed by atoms with Crippen LogP contribution in [-0.2, 0) is 5.41 Å². The lowest BCUT2D eigenvalue weighted by molar-refractivity contribution is 0.591. The van der Waals surface area contributed by atoms with E-state index < -0.39 is 0 Å². The summed E-state index contributed by atoms with van der Waals surface area (Å²) < 4.78 is 0. The molecule has 0 atom stereocenters. The molecule has 0 unspecified atom stereocenters. The molecule has 3 aromatic carbocycles. The summed E-state index contributed by atoms with van der Waals surface area (Å²) >= 11 is 12.5. The highest BCUT2D eigenvalue weighted by Gasteiger charge is 2.17. The molecule has 0 amide bonds. The highest BCUT2D eigenvalue weighted by atomic mass is 35.5. The van der Waals surface area contributed by atoms with Gasteiger partial charge in [0.2, 0.25) is 0 Å². The highest BCUT2D eigenvalue weighted by molar-refractivity contribution is 6.36. The van der Waals surface area contributed by atoms with Crippen LogP contribution in [0.5, 0.6) is 0 Å². The molecule has 0 spiro atoms. The molecule has 31 heavy (non-hydrogen) atoms. The van der Waals surface area contributed by atoms with Crippen molar-refractivity contribution >= 4 is 45.0 Å². The topological polar surface area (TPSA) is 41.6 Å². The van der Waals surface area contributed by atoms with Gasteiger partial charge in [0.1, 0.15) is 5.82 Å². The van der Waals surface area contributed by atoms with Gasteiger partial charge in [-0.1, -0.05) is 80.4 Å². The quantitative estimate of drug-likeness (QED) is 0.298. The van der Waals surface area contributed by atoms with Crippen molar-refractivity contribution in [2.24, 2.45) is 0 Å². The summed E-state index contributed by atoms with van der Waals surface area (Å²) in [5.41, 5.74) is 6.08. The normalized spacial score (nSPS) is 12.0. The maximum Gasteiger partial charge on any atom is 0.139 e. The van der Waals surface area contributed by atoms with Crippen LogP contribution in [0, 0.1) is 0 Å². The molecule has 5 aromatic rings. The van der Waals surface area contributed by atoms with E-state index in [1.807, 2.05) is 18.2 Å². The number of aromatic nitrogens is 3. The molecular formula is C26H21Cl2N3. The van der Waals surface area contributed by atoms with Crippen LogP contribution in [0.4, 0.5) is 0 Å². The monoisotopic (exact) mass is 445 g/mol. The van der Waals surface area contributed by atoms with Gasteiger partial charge in [-0.05, 0) is 46.0 Å². The molecular weight excluding hydrogens is 425 g/mol. The van der Waals surface area contributed by atoms with Gasteiger partial charge in [-0.2, -0.15) is 0 Å². The minimum Gasteiger partial charge on any atom is -0.338 e. The third kappa shape index (κ3) is 3.58.